The van der Waals surface area contributed by atoms with E-state index in [1.54, 1.807) is 12.1 Å². The van der Waals surface area contributed by atoms with Crippen molar-refractivity contribution in [1.82, 2.24) is 4.90 Å². The van der Waals surface area contributed by atoms with E-state index in [1.807, 2.05) is 0 Å². The fourth-order valence-corrected chi connectivity index (χ4v) is 1.93. The van der Waals surface area contributed by atoms with Crippen molar-refractivity contribution in [2.24, 2.45) is 0 Å². The van der Waals surface area contributed by atoms with Crippen LogP contribution in [0.1, 0.15) is 18.4 Å². The van der Waals surface area contributed by atoms with Crippen LogP contribution in [-0.4, -0.2) is 36.2 Å². The van der Waals surface area contributed by atoms with Gasteiger partial charge in [-0.1, -0.05) is 12.1 Å². The van der Waals surface area contributed by atoms with Gasteiger partial charge in [-0.15, -0.1) is 0 Å². The number of halogens is 4. The third kappa shape index (κ3) is 5.34. The van der Waals surface area contributed by atoms with Crippen LogP contribution in [0, 0.1) is 5.82 Å². The van der Waals surface area contributed by atoms with Crippen LogP contribution in [0.2, 0.25) is 0 Å². The van der Waals surface area contributed by atoms with Crippen LogP contribution in [0.25, 0.3) is 0 Å². The molecule has 1 aromatic carbocycles. The van der Waals surface area contributed by atoms with E-state index in [-0.39, 0.29) is 18.4 Å². The fraction of sp³-hybridized carbons (Fsp3) is 0.500. The predicted molar refractivity (Wildman–Crippen MR) is 66.8 cm³/mol. The molecule has 0 saturated heterocycles. The maximum Gasteiger partial charge on any atom is 0.411 e. The van der Waals surface area contributed by atoms with Crippen LogP contribution in [0.15, 0.2) is 24.3 Å². The van der Waals surface area contributed by atoms with Crippen molar-refractivity contribution < 1.29 is 27.1 Å². The van der Waals surface area contributed by atoms with E-state index < -0.39 is 25.3 Å². The largest absolute Gasteiger partial charge is 0.411 e. The third-order valence-electron chi connectivity index (χ3n) is 3.07. The molecule has 0 heterocycles. The first-order valence-electron chi connectivity index (χ1n) is 6.53. The summed E-state index contributed by atoms with van der Waals surface area (Å²) < 4.78 is 53.2. The van der Waals surface area contributed by atoms with Gasteiger partial charge in [0.25, 0.3) is 0 Å². The van der Waals surface area contributed by atoms with Crippen LogP contribution in [-0.2, 0) is 16.1 Å². The molecule has 1 saturated carbocycles. The molecular formula is C14H15F4NO2. The number of hydrogen-bond donors (Lipinski definition) is 0. The van der Waals surface area contributed by atoms with Crippen molar-refractivity contribution in [2.45, 2.75) is 31.6 Å². The van der Waals surface area contributed by atoms with E-state index in [2.05, 4.69) is 4.74 Å². The van der Waals surface area contributed by atoms with Crippen molar-refractivity contribution in [3.05, 3.63) is 35.6 Å². The molecule has 1 aromatic rings. The number of ether oxygens (including phenoxy) is 1. The number of benzene rings is 1. The topological polar surface area (TPSA) is 29.5 Å². The summed E-state index contributed by atoms with van der Waals surface area (Å²) in [7, 11) is 0. The number of nitrogens with zero attached hydrogens (tertiary/aromatic N) is 1. The lowest BCUT2D eigenvalue weighted by atomic mass is 10.2. The minimum Gasteiger partial charge on any atom is -0.362 e. The monoisotopic (exact) mass is 305 g/mol. The van der Waals surface area contributed by atoms with Crippen LogP contribution in [0.5, 0.6) is 0 Å². The summed E-state index contributed by atoms with van der Waals surface area (Å²) in [5.41, 5.74) is 0.729. The van der Waals surface area contributed by atoms with Gasteiger partial charge in [-0.25, -0.2) is 4.39 Å². The van der Waals surface area contributed by atoms with E-state index in [1.165, 1.54) is 17.0 Å². The Morgan fingerprint density at radius 1 is 1.24 bits per heavy atom. The number of carbonyl (C=O) groups excluding carboxylic acids is 1. The molecule has 7 heteroatoms. The molecule has 2 rings (SSSR count). The number of hydrogen-bond acceptors (Lipinski definition) is 2. The standard InChI is InChI=1S/C14H15F4NO2/c15-11-3-1-10(2-4-11)7-19(12-5-6-12)13(20)8-21-9-14(16,17)18/h1-4,12H,5-9H2. The second kappa shape index (κ2) is 6.43. The number of amides is 1. The average molecular weight is 305 g/mol. The molecule has 0 atom stereocenters. The summed E-state index contributed by atoms with van der Waals surface area (Å²) in [5.74, 6) is -0.859. The first kappa shape index (κ1) is 15.8. The number of carbonyl (C=O) groups is 1. The van der Waals surface area contributed by atoms with Gasteiger partial charge in [0, 0.05) is 12.6 Å². The minimum absolute atomic E-state index is 0.0389. The summed E-state index contributed by atoms with van der Waals surface area (Å²) in [6.45, 7) is -1.79. The van der Waals surface area contributed by atoms with Gasteiger partial charge in [0.2, 0.25) is 5.91 Å². The first-order valence-corrected chi connectivity index (χ1v) is 6.53. The fourth-order valence-electron chi connectivity index (χ4n) is 1.93. The zero-order valence-corrected chi connectivity index (χ0v) is 11.2. The summed E-state index contributed by atoms with van der Waals surface area (Å²) in [6.07, 6.45) is -2.79. The Hall–Kier alpha value is -1.63. The molecule has 21 heavy (non-hydrogen) atoms. The molecule has 0 aromatic heterocycles. The van der Waals surface area contributed by atoms with Gasteiger partial charge in [-0.3, -0.25) is 4.79 Å². The summed E-state index contributed by atoms with van der Waals surface area (Å²) in [5, 5.41) is 0. The maximum absolute atomic E-state index is 12.8. The molecule has 1 aliphatic carbocycles. The molecule has 0 spiro atoms. The van der Waals surface area contributed by atoms with E-state index in [4.69, 9.17) is 0 Å². The first-order chi connectivity index (χ1) is 9.85. The van der Waals surface area contributed by atoms with Gasteiger partial charge in [0.1, 0.15) is 19.0 Å². The summed E-state index contributed by atoms with van der Waals surface area (Å²) in [4.78, 5) is 13.4. The molecule has 3 nitrogen and oxygen atoms in total. The lowest BCUT2D eigenvalue weighted by Crippen LogP contribution is -2.36. The van der Waals surface area contributed by atoms with Gasteiger partial charge >= 0.3 is 6.18 Å². The quantitative estimate of drug-likeness (QED) is 0.756. The smallest absolute Gasteiger partial charge is 0.362 e. The van der Waals surface area contributed by atoms with E-state index in [0.29, 0.717) is 0 Å². The van der Waals surface area contributed by atoms with E-state index in [9.17, 15) is 22.4 Å². The van der Waals surface area contributed by atoms with Gasteiger partial charge in [-0.2, -0.15) is 13.2 Å². The highest BCUT2D eigenvalue weighted by Crippen LogP contribution is 2.28. The third-order valence-corrected chi connectivity index (χ3v) is 3.07. The van der Waals surface area contributed by atoms with Crippen LogP contribution >= 0.6 is 0 Å². The Morgan fingerprint density at radius 3 is 2.38 bits per heavy atom. The predicted octanol–water partition coefficient (Wildman–Crippen LogP) is 2.90. The van der Waals surface area contributed by atoms with Crippen molar-refractivity contribution >= 4 is 5.91 Å². The van der Waals surface area contributed by atoms with Crippen LogP contribution < -0.4 is 0 Å². The van der Waals surface area contributed by atoms with E-state index in [0.717, 1.165) is 18.4 Å². The Morgan fingerprint density at radius 2 is 1.86 bits per heavy atom. The normalized spacial score (nSPS) is 15.0. The summed E-state index contributed by atoms with van der Waals surface area (Å²) in [6, 6.07) is 5.70. The Bertz CT molecular complexity index is 483. The van der Waals surface area contributed by atoms with Gasteiger partial charge in [0.05, 0.1) is 0 Å². The molecule has 0 unspecified atom stereocenters. The molecule has 1 aliphatic rings. The van der Waals surface area contributed by atoms with Crippen LogP contribution in [0.3, 0.4) is 0 Å². The lowest BCUT2D eigenvalue weighted by Gasteiger charge is -2.22. The highest BCUT2D eigenvalue weighted by atomic mass is 19.4. The molecular weight excluding hydrogens is 290 g/mol. The highest BCUT2D eigenvalue weighted by molar-refractivity contribution is 5.78. The molecule has 1 amide bonds. The second-order valence-electron chi connectivity index (χ2n) is 4.99. The SMILES string of the molecule is O=C(COCC(F)(F)F)N(Cc1ccc(F)cc1)C1CC1. The van der Waals surface area contributed by atoms with Crippen molar-refractivity contribution in [2.75, 3.05) is 13.2 Å². The van der Waals surface area contributed by atoms with Crippen molar-refractivity contribution in [3.8, 4) is 0 Å². The van der Waals surface area contributed by atoms with Gasteiger partial charge < -0.3 is 9.64 Å². The zero-order valence-electron chi connectivity index (χ0n) is 11.2. The number of alkyl halides is 3. The Kier molecular flexibility index (Phi) is 4.82. The average Bonchev–Trinajstić information content (AvgIpc) is 3.20. The minimum atomic E-state index is -4.44. The van der Waals surface area contributed by atoms with Gasteiger partial charge in [-0.05, 0) is 30.5 Å². The molecule has 0 aliphatic heterocycles. The molecule has 116 valence electrons. The zero-order chi connectivity index (χ0) is 15.5. The van der Waals surface area contributed by atoms with E-state index >= 15 is 0 Å². The van der Waals surface area contributed by atoms with Gasteiger partial charge in [0.15, 0.2) is 0 Å². The number of rotatable bonds is 6. The molecule has 0 radical (unpaired) electrons. The Balaban J connectivity index is 1.89. The summed E-state index contributed by atoms with van der Waals surface area (Å²) >= 11 is 0. The van der Waals surface area contributed by atoms with Crippen molar-refractivity contribution in [3.63, 3.8) is 0 Å². The molecule has 0 N–H and O–H groups in total. The van der Waals surface area contributed by atoms with Crippen molar-refractivity contribution in [1.29, 1.82) is 0 Å². The van der Waals surface area contributed by atoms with Crippen LogP contribution in [0.4, 0.5) is 17.6 Å². The second-order valence-corrected chi connectivity index (χ2v) is 4.99. The maximum atomic E-state index is 12.8. The molecule has 0 bridgehead atoms. The molecule has 1 fully saturated rings. The Labute approximate surface area is 119 Å². The lowest BCUT2D eigenvalue weighted by molar-refractivity contribution is -0.178. The highest BCUT2D eigenvalue weighted by Gasteiger charge is 2.33.